The highest BCUT2D eigenvalue weighted by Crippen LogP contribution is 2.22. The van der Waals surface area contributed by atoms with Gasteiger partial charge >= 0.3 is 0 Å². The minimum absolute atomic E-state index is 0.0895. The van der Waals surface area contributed by atoms with Crippen molar-refractivity contribution < 1.29 is 4.39 Å². The van der Waals surface area contributed by atoms with Gasteiger partial charge in [0.2, 0.25) is 0 Å². The van der Waals surface area contributed by atoms with Crippen LogP contribution in [-0.2, 0) is 0 Å². The Morgan fingerprint density at radius 2 is 2.00 bits per heavy atom. The number of hydrogen-bond acceptors (Lipinski definition) is 3. The fourth-order valence-electron chi connectivity index (χ4n) is 1.93. The molecule has 2 N–H and O–H groups in total. The van der Waals surface area contributed by atoms with Crippen LogP contribution in [0.3, 0.4) is 0 Å². The minimum Gasteiger partial charge on any atom is -0.324 e. The van der Waals surface area contributed by atoms with Gasteiger partial charge in [-0.05, 0) is 44.5 Å². The molecule has 1 aromatic carbocycles. The lowest BCUT2D eigenvalue weighted by Crippen LogP contribution is -2.09. The number of aromatic nitrogens is 2. The van der Waals surface area contributed by atoms with E-state index in [1.165, 1.54) is 12.1 Å². The Morgan fingerprint density at radius 3 is 2.56 bits per heavy atom. The quantitative estimate of drug-likeness (QED) is 0.885. The first-order chi connectivity index (χ1) is 8.49. The van der Waals surface area contributed by atoms with Gasteiger partial charge in [-0.3, -0.25) is 0 Å². The van der Waals surface area contributed by atoms with Gasteiger partial charge in [-0.25, -0.2) is 14.4 Å². The first-order valence-electron chi connectivity index (χ1n) is 5.84. The van der Waals surface area contributed by atoms with E-state index in [9.17, 15) is 4.39 Å². The standard InChI is InChI=1S/C14H16FN3/c1-8-6-11(15)4-5-12(8)14-17-7-13(9(2)16)10(3)18-14/h4-7,9H,16H2,1-3H3/t9-/m0/s1. The molecule has 0 radical (unpaired) electrons. The molecular weight excluding hydrogens is 229 g/mol. The van der Waals surface area contributed by atoms with Gasteiger partial charge in [0.1, 0.15) is 5.82 Å². The predicted molar refractivity (Wildman–Crippen MR) is 69.5 cm³/mol. The van der Waals surface area contributed by atoms with Crippen molar-refractivity contribution in [2.45, 2.75) is 26.8 Å². The van der Waals surface area contributed by atoms with Crippen molar-refractivity contribution in [3.05, 3.63) is 47.0 Å². The van der Waals surface area contributed by atoms with Crippen molar-refractivity contribution in [1.82, 2.24) is 9.97 Å². The molecule has 2 aromatic rings. The third kappa shape index (κ3) is 2.38. The van der Waals surface area contributed by atoms with Crippen LogP contribution < -0.4 is 5.73 Å². The third-order valence-corrected chi connectivity index (χ3v) is 2.94. The summed E-state index contributed by atoms with van der Waals surface area (Å²) in [5.41, 5.74) is 9.28. The Morgan fingerprint density at radius 1 is 1.28 bits per heavy atom. The number of nitrogens with zero attached hydrogens (tertiary/aromatic N) is 2. The zero-order valence-electron chi connectivity index (χ0n) is 10.7. The minimum atomic E-state index is -0.250. The Kier molecular flexibility index (Phi) is 3.39. The number of halogens is 1. The molecule has 0 fully saturated rings. The van der Waals surface area contributed by atoms with Crippen molar-refractivity contribution in [2.24, 2.45) is 5.73 Å². The van der Waals surface area contributed by atoms with Crippen molar-refractivity contribution in [3.63, 3.8) is 0 Å². The highest BCUT2D eigenvalue weighted by Gasteiger charge is 2.10. The fourth-order valence-corrected chi connectivity index (χ4v) is 1.93. The summed E-state index contributed by atoms with van der Waals surface area (Å²) in [4.78, 5) is 8.75. The smallest absolute Gasteiger partial charge is 0.159 e. The van der Waals surface area contributed by atoms with Gasteiger partial charge in [0.25, 0.3) is 0 Å². The number of rotatable bonds is 2. The lowest BCUT2D eigenvalue weighted by molar-refractivity contribution is 0.627. The summed E-state index contributed by atoms with van der Waals surface area (Å²) in [5, 5.41) is 0. The summed E-state index contributed by atoms with van der Waals surface area (Å²) >= 11 is 0. The first-order valence-corrected chi connectivity index (χ1v) is 5.84. The number of benzene rings is 1. The molecule has 0 saturated heterocycles. The molecule has 18 heavy (non-hydrogen) atoms. The zero-order valence-corrected chi connectivity index (χ0v) is 10.7. The second kappa shape index (κ2) is 4.82. The van der Waals surface area contributed by atoms with Gasteiger partial charge in [-0.1, -0.05) is 0 Å². The van der Waals surface area contributed by atoms with Crippen LogP contribution in [0.4, 0.5) is 4.39 Å². The summed E-state index contributed by atoms with van der Waals surface area (Å²) < 4.78 is 13.1. The van der Waals surface area contributed by atoms with Crippen molar-refractivity contribution in [1.29, 1.82) is 0 Å². The molecule has 0 unspecified atom stereocenters. The molecule has 2 rings (SSSR count). The molecule has 0 saturated carbocycles. The molecule has 1 aromatic heterocycles. The zero-order chi connectivity index (χ0) is 13.3. The van der Waals surface area contributed by atoms with Crippen LogP contribution in [0.2, 0.25) is 0 Å². The second-order valence-electron chi connectivity index (χ2n) is 4.48. The van der Waals surface area contributed by atoms with Crippen LogP contribution in [0.25, 0.3) is 11.4 Å². The van der Waals surface area contributed by atoms with E-state index in [0.717, 1.165) is 22.4 Å². The van der Waals surface area contributed by atoms with Gasteiger partial charge in [0, 0.05) is 29.1 Å². The first kappa shape index (κ1) is 12.6. The second-order valence-corrected chi connectivity index (χ2v) is 4.48. The van der Waals surface area contributed by atoms with Crippen LogP contribution in [0.1, 0.15) is 29.8 Å². The van der Waals surface area contributed by atoms with Gasteiger partial charge in [0.05, 0.1) is 0 Å². The molecular formula is C14H16FN3. The average molecular weight is 245 g/mol. The lowest BCUT2D eigenvalue weighted by atomic mass is 10.1. The average Bonchev–Trinajstić information content (AvgIpc) is 2.28. The van der Waals surface area contributed by atoms with Crippen molar-refractivity contribution in [3.8, 4) is 11.4 Å². The molecule has 0 aliphatic rings. The molecule has 0 bridgehead atoms. The van der Waals surface area contributed by atoms with Crippen molar-refractivity contribution >= 4 is 0 Å². The third-order valence-electron chi connectivity index (χ3n) is 2.94. The van der Waals surface area contributed by atoms with Crippen LogP contribution in [-0.4, -0.2) is 9.97 Å². The van der Waals surface area contributed by atoms with Gasteiger partial charge < -0.3 is 5.73 Å². The number of aryl methyl sites for hydroxylation is 2. The monoisotopic (exact) mass is 245 g/mol. The predicted octanol–water partition coefficient (Wildman–Crippen LogP) is 2.92. The van der Waals surface area contributed by atoms with E-state index < -0.39 is 0 Å². The molecule has 0 amide bonds. The summed E-state index contributed by atoms with van der Waals surface area (Å²) in [6.07, 6.45) is 1.74. The van der Waals surface area contributed by atoms with E-state index in [2.05, 4.69) is 9.97 Å². The normalized spacial score (nSPS) is 12.5. The van der Waals surface area contributed by atoms with E-state index in [-0.39, 0.29) is 11.9 Å². The van der Waals surface area contributed by atoms with Crippen LogP contribution in [0.5, 0.6) is 0 Å². The molecule has 1 heterocycles. The molecule has 94 valence electrons. The maximum atomic E-state index is 13.1. The Labute approximate surface area is 106 Å². The van der Waals surface area contributed by atoms with Crippen LogP contribution >= 0.6 is 0 Å². The Bertz CT molecular complexity index is 579. The summed E-state index contributed by atoms with van der Waals surface area (Å²) in [6, 6.07) is 4.51. The molecule has 0 aliphatic carbocycles. The van der Waals surface area contributed by atoms with E-state index in [0.29, 0.717) is 5.82 Å². The molecule has 0 aliphatic heterocycles. The van der Waals surface area contributed by atoms with Crippen LogP contribution in [0.15, 0.2) is 24.4 Å². The maximum absolute atomic E-state index is 13.1. The number of hydrogen-bond donors (Lipinski definition) is 1. The van der Waals surface area contributed by atoms with Gasteiger partial charge in [-0.2, -0.15) is 0 Å². The molecule has 4 heteroatoms. The largest absolute Gasteiger partial charge is 0.324 e. The van der Waals surface area contributed by atoms with E-state index in [1.807, 2.05) is 20.8 Å². The van der Waals surface area contributed by atoms with Gasteiger partial charge in [-0.15, -0.1) is 0 Å². The Balaban J connectivity index is 2.49. The molecule has 3 nitrogen and oxygen atoms in total. The van der Waals surface area contributed by atoms with E-state index in [1.54, 1.807) is 12.3 Å². The topological polar surface area (TPSA) is 51.8 Å². The maximum Gasteiger partial charge on any atom is 0.159 e. The highest BCUT2D eigenvalue weighted by molar-refractivity contribution is 5.60. The van der Waals surface area contributed by atoms with Gasteiger partial charge in [0.15, 0.2) is 5.82 Å². The SMILES string of the molecule is Cc1cc(F)ccc1-c1ncc([C@H](C)N)c(C)n1. The Hall–Kier alpha value is -1.81. The molecule has 0 spiro atoms. The van der Waals surface area contributed by atoms with E-state index in [4.69, 9.17) is 5.73 Å². The van der Waals surface area contributed by atoms with E-state index >= 15 is 0 Å². The fraction of sp³-hybridized carbons (Fsp3) is 0.286. The summed E-state index contributed by atoms with van der Waals surface area (Å²) in [5.74, 6) is 0.356. The summed E-state index contributed by atoms with van der Waals surface area (Å²) in [6.45, 7) is 5.65. The van der Waals surface area contributed by atoms with Crippen molar-refractivity contribution in [2.75, 3.05) is 0 Å². The lowest BCUT2D eigenvalue weighted by Gasteiger charge is -2.11. The molecule has 1 atom stereocenters. The summed E-state index contributed by atoms with van der Waals surface area (Å²) in [7, 11) is 0. The number of nitrogens with two attached hydrogens (primary N) is 1. The van der Waals surface area contributed by atoms with Crippen LogP contribution in [0, 0.1) is 19.7 Å². The highest BCUT2D eigenvalue weighted by atomic mass is 19.1.